The number of thiazole rings is 1. The van der Waals surface area contributed by atoms with Crippen molar-refractivity contribution in [1.82, 2.24) is 4.98 Å². The van der Waals surface area contributed by atoms with Crippen LogP contribution < -0.4 is 15.4 Å². The lowest BCUT2D eigenvalue weighted by molar-refractivity contribution is -0.118. The van der Waals surface area contributed by atoms with E-state index in [1.165, 1.54) is 23.5 Å². The number of hydrogen-bond acceptors (Lipinski definition) is 5. The van der Waals surface area contributed by atoms with Gasteiger partial charge in [0, 0.05) is 16.0 Å². The van der Waals surface area contributed by atoms with Crippen LogP contribution in [0.25, 0.3) is 11.3 Å². The van der Waals surface area contributed by atoms with Crippen LogP contribution in [0.4, 0.5) is 15.2 Å². The molecule has 27 heavy (non-hydrogen) atoms. The Morgan fingerprint density at radius 3 is 2.81 bits per heavy atom. The maximum atomic E-state index is 13.1. The fraction of sp³-hybridized carbons (Fsp3) is 0.105. The lowest BCUT2D eigenvalue weighted by Gasteiger charge is -2.18. The van der Waals surface area contributed by atoms with E-state index in [0.29, 0.717) is 27.8 Å². The number of aromatic nitrogens is 1. The molecule has 2 N–H and O–H groups in total. The Balaban J connectivity index is 1.54. The fourth-order valence-corrected chi connectivity index (χ4v) is 3.54. The lowest BCUT2D eigenvalue weighted by atomic mass is 10.1. The van der Waals surface area contributed by atoms with E-state index in [1.54, 1.807) is 30.3 Å². The SMILES string of the molecule is Cc1sc(NC(=O)c2ccc3c(c2)OCC(=O)N3)nc1-c1ccc(F)cc1. The molecule has 3 aromatic rings. The van der Waals surface area contributed by atoms with Crippen molar-refractivity contribution < 1.29 is 18.7 Å². The van der Waals surface area contributed by atoms with E-state index >= 15 is 0 Å². The van der Waals surface area contributed by atoms with Gasteiger partial charge in [-0.25, -0.2) is 9.37 Å². The smallest absolute Gasteiger partial charge is 0.262 e. The van der Waals surface area contributed by atoms with Crippen molar-refractivity contribution in [2.75, 3.05) is 17.2 Å². The average molecular weight is 383 g/mol. The number of benzene rings is 2. The predicted molar refractivity (Wildman–Crippen MR) is 101 cm³/mol. The number of nitrogens with zero attached hydrogens (tertiary/aromatic N) is 1. The second-order valence-electron chi connectivity index (χ2n) is 5.93. The molecule has 136 valence electrons. The highest BCUT2D eigenvalue weighted by molar-refractivity contribution is 7.16. The number of carbonyl (C=O) groups is 2. The number of halogens is 1. The van der Waals surface area contributed by atoms with Crippen molar-refractivity contribution in [1.29, 1.82) is 0 Å². The third kappa shape index (κ3) is 3.52. The number of carbonyl (C=O) groups excluding carboxylic acids is 2. The van der Waals surface area contributed by atoms with Gasteiger partial charge in [0.15, 0.2) is 11.7 Å². The Hall–Kier alpha value is -3.26. The molecule has 2 amide bonds. The number of rotatable bonds is 3. The largest absolute Gasteiger partial charge is 0.482 e. The van der Waals surface area contributed by atoms with Gasteiger partial charge in [0.05, 0.1) is 11.4 Å². The van der Waals surface area contributed by atoms with Crippen molar-refractivity contribution >= 4 is 34.0 Å². The molecule has 1 aliphatic heterocycles. The Morgan fingerprint density at radius 2 is 2.04 bits per heavy atom. The minimum atomic E-state index is -0.335. The molecular weight excluding hydrogens is 369 g/mol. The molecule has 0 atom stereocenters. The van der Waals surface area contributed by atoms with Crippen LogP contribution in [0.15, 0.2) is 42.5 Å². The van der Waals surface area contributed by atoms with Crippen LogP contribution in [0.5, 0.6) is 5.75 Å². The number of ether oxygens (including phenoxy) is 1. The standard InChI is InChI=1S/C19H14FN3O3S/c1-10-17(11-2-5-13(20)6-3-11)22-19(27-10)23-18(25)12-4-7-14-15(8-12)26-9-16(24)21-14/h2-8H,9H2,1H3,(H,21,24)(H,22,23,25). The minimum Gasteiger partial charge on any atom is -0.482 e. The Bertz CT molecular complexity index is 1050. The van der Waals surface area contributed by atoms with Gasteiger partial charge >= 0.3 is 0 Å². The van der Waals surface area contributed by atoms with Gasteiger partial charge < -0.3 is 10.1 Å². The lowest BCUT2D eigenvalue weighted by Crippen LogP contribution is -2.25. The van der Waals surface area contributed by atoms with Gasteiger partial charge in [0.2, 0.25) is 0 Å². The van der Waals surface area contributed by atoms with Crippen molar-refractivity contribution in [3.05, 3.63) is 58.7 Å². The first-order chi connectivity index (χ1) is 13.0. The van der Waals surface area contributed by atoms with E-state index in [0.717, 1.165) is 10.4 Å². The number of amides is 2. The Labute approximate surface area is 158 Å². The van der Waals surface area contributed by atoms with E-state index in [2.05, 4.69) is 15.6 Å². The molecule has 0 saturated carbocycles. The highest BCUT2D eigenvalue weighted by Gasteiger charge is 2.19. The van der Waals surface area contributed by atoms with E-state index in [4.69, 9.17) is 4.74 Å². The van der Waals surface area contributed by atoms with E-state index < -0.39 is 0 Å². The maximum Gasteiger partial charge on any atom is 0.262 e. The van der Waals surface area contributed by atoms with Crippen LogP contribution in [0.2, 0.25) is 0 Å². The zero-order chi connectivity index (χ0) is 19.0. The van der Waals surface area contributed by atoms with Gasteiger partial charge in [-0.15, -0.1) is 11.3 Å². The molecule has 0 saturated heterocycles. The number of fused-ring (bicyclic) bond motifs is 1. The van der Waals surface area contributed by atoms with Crippen LogP contribution in [-0.4, -0.2) is 23.4 Å². The summed E-state index contributed by atoms with van der Waals surface area (Å²) >= 11 is 1.34. The third-order valence-electron chi connectivity index (χ3n) is 4.01. The summed E-state index contributed by atoms with van der Waals surface area (Å²) in [4.78, 5) is 29.2. The summed E-state index contributed by atoms with van der Waals surface area (Å²) in [5, 5.41) is 5.89. The number of aryl methyl sites for hydroxylation is 1. The summed E-state index contributed by atoms with van der Waals surface area (Å²) in [6.07, 6.45) is 0. The second kappa shape index (κ2) is 6.81. The van der Waals surface area contributed by atoms with Gasteiger partial charge in [0.1, 0.15) is 11.6 Å². The van der Waals surface area contributed by atoms with E-state index in [-0.39, 0.29) is 24.2 Å². The molecule has 4 rings (SSSR count). The molecule has 0 radical (unpaired) electrons. The predicted octanol–water partition coefficient (Wildman–Crippen LogP) is 3.84. The summed E-state index contributed by atoms with van der Waals surface area (Å²) in [6, 6.07) is 10.8. The van der Waals surface area contributed by atoms with Crippen molar-refractivity contribution in [2.45, 2.75) is 6.92 Å². The van der Waals surface area contributed by atoms with Gasteiger partial charge in [-0.2, -0.15) is 0 Å². The molecular formula is C19H14FN3O3S. The van der Waals surface area contributed by atoms with Crippen molar-refractivity contribution in [3.63, 3.8) is 0 Å². The monoisotopic (exact) mass is 383 g/mol. The maximum absolute atomic E-state index is 13.1. The molecule has 0 spiro atoms. The molecule has 0 unspecified atom stereocenters. The number of anilines is 2. The number of nitrogens with one attached hydrogen (secondary N) is 2. The third-order valence-corrected chi connectivity index (χ3v) is 4.90. The Morgan fingerprint density at radius 1 is 1.26 bits per heavy atom. The summed E-state index contributed by atoms with van der Waals surface area (Å²) in [5.74, 6) is -0.431. The molecule has 0 fully saturated rings. The first-order valence-corrected chi connectivity index (χ1v) is 8.92. The number of hydrogen-bond donors (Lipinski definition) is 2. The van der Waals surface area contributed by atoms with Gasteiger partial charge in [-0.1, -0.05) is 0 Å². The van der Waals surface area contributed by atoms with Crippen molar-refractivity contribution in [3.8, 4) is 17.0 Å². The highest BCUT2D eigenvalue weighted by Crippen LogP contribution is 2.32. The van der Waals surface area contributed by atoms with Crippen LogP contribution in [-0.2, 0) is 4.79 Å². The molecule has 0 aliphatic carbocycles. The zero-order valence-electron chi connectivity index (χ0n) is 14.2. The first kappa shape index (κ1) is 17.2. The second-order valence-corrected chi connectivity index (χ2v) is 7.14. The molecule has 2 aromatic carbocycles. The molecule has 8 heteroatoms. The van der Waals surface area contributed by atoms with Gasteiger partial charge in [-0.05, 0) is 49.4 Å². The van der Waals surface area contributed by atoms with Crippen molar-refractivity contribution in [2.24, 2.45) is 0 Å². The average Bonchev–Trinajstić information content (AvgIpc) is 3.02. The first-order valence-electron chi connectivity index (χ1n) is 8.11. The summed E-state index contributed by atoms with van der Waals surface area (Å²) in [6.45, 7) is 1.81. The molecule has 1 aliphatic rings. The van der Waals surface area contributed by atoms with E-state index in [9.17, 15) is 14.0 Å². The molecule has 6 nitrogen and oxygen atoms in total. The van der Waals surface area contributed by atoms with Crippen LogP contribution in [0.3, 0.4) is 0 Å². The van der Waals surface area contributed by atoms with Gasteiger partial charge in [-0.3, -0.25) is 14.9 Å². The van der Waals surface area contributed by atoms with Crippen LogP contribution >= 0.6 is 11.3 Å². The normalized spacial score (nSPS) is 12.7. The van der Waals surface area contributed by atoms with Crippen LogP contribution in [0.1, 0.15) is 15.2 Å². The fourth-order valence-electron chi connectivity index (χ4n) is 2.71. The summed E-state index contributed by atoms with van der Waals surface area (Å²) in [7, 11) is 0. The quantitative estimate of drug-likeness (QED) is 0.720. The molecule has 1 aromatic heterocycles. The van der Waals surface area contributed by atoms with E-state index in [1.807, 2.05) is 6.92 Å². The topological polar surface area (TPSA) is 80.3 Å². The minimum absolute atomic E-state index is 0.0786. The Kier molecular flexibility index (Phi) is 4.33. The van der Waals surface area contributed by atoms with Gasteiger partial charge in [0.25, 0.3) is 11.8 Å². The van der Waals surface area contributed by atoms with Crippen LogP contribution in [0, 0.1) is 12.7 Å². The zero-order valence-corrected chi connectivity index (χ0v) is 15.0. The highest BCUT2D eigenvalue weighted by atomic mass is 32.1. The summed E-state index contributed by atoms with van der Waals surface area (Å²) in [5.41, 5.74) is 2.41. The molecule has 2 heterocycles. The summed E-state index contributed by atoms with van der Waals surface area (Å²) < 4.78 is 18.4. The molecule has 0 bridgehead atoms.